The zero-order chi connectivity index (χ0) is 0. The Morgan fingerprint density at radius 1 is 1.00 bits per heavy atom. The molecule has 0 aliphatic carbocycles. The van der Waals surface area contributed by atoms with Crippen molar-refractivity contribution in [2.75, 3.05) is 0 Å². The molecule has 0 saturated heterocycles. The monoisotopic (exact) mass is 313 g/mol. The molecule has 1 radical (unpaired) electrons. The van der Waals surface area contributed by atoms with Crippen LogP contribution in [0.4, 0.5) is 0 Å². The zero-order valence-electron chi connectivity index (χ0n) is 1.12. The van der Waals surface area contributed by atoms with E-state index < -0.39 is 0 Å². The van der Waals surface area contributed by atoms with Crippen molar-refractivity contribution in [3.05, 3.63) is 0 Å². The van der Waals surface area contributed by atoms with Gasteiger partial charge in [0.05, 0.1) is 0 Å². The Hall–Kier alpha value is 3.34. The van der Waals surface area contributed by atoms with Crippen molar-refractivity contribution in [2.24, 2.45) is 0 Å². The topological polar surface area (TPSA) is 0 Å². The molecule has 0 aliphatic rings. The van der Waals surface area contributed by atoms with E-state index in [1.54, 1.807) is 0 Å². The molecule has 0 heterocycles. The van der Waals surface area contributed by atoms with Gasteiger partial charge in [-0.1, -0.05) is 0 Å². The molecule has 0 aromatic rings. The fourth-order valence-corrected chi connectivity index (χ4v) is 0. The van der Waals surface area contributed by atoms with E-state index in [2.05, 4.69) is 0 Å². The number of hydrogen-bond acceptors (Lipinski definition) is 0. The molecular weight excluding hydrogens is 311 g/mol. The van der Waals surface area contributed by atoms with Crippen LogP contribution in [0, 0.1) is 0 Å². The summed E-state index contributed by atoms with van der Waals surface area (Å²) >= 11 is 0. The molecule has 0 rings (SSSR count). The van der Waals surface area contributed by atoms with Gasteiger partial charge in [0.15, 0.2) is 0 Å². The van der Waals surface area contributed by atoms with Gasteiger partial charge in [0.25, 0.3) is 0 Å². The first-order valence-corrected chi connectivity index (χ1v) is 0. The van der Waals surface area contributed by atoms with Crippen LogP contribution in [-0.4, -0.2) is 58.2 Å². The van der Waals surface area contributed by atoms with Crippen molar-refractivity contribution >= 4 is 94.6 Å². The molecule has 29 valence electrons. The minimum atomic E-state index is 0. The summed E-state index contributed by atoms with van der Waals surface area (Å²) < 4.78 is 0. The summed E-state index contributed by atoms with van der Waals surface area (Å²) in [5.74, 6) is 0. The van der Waals surface area contributed by atoms with Gasteiger partial charge in [0.2, 0.25) is 0 Å². The summed E-state index contributed by atoms with van der Waals surface area (Å²) in [4.78, 5) is 0. The quantitative estimate of drug-likeness (QED) is 0.448. The van der Waals surface area contributed by atoms with Crippen molar-refractivity contribution < 1.29 is 17.1 Å². The summed E-state index contributed by atoms with van der Waals surface area (Å²) in [6, 6.07) is 0. The SMILES string of the molecule is Cl.I.[Cu].[RbH]. The van der Waals surface area contributed by atoms with Gasteiger partial charge in [-0.15, -0.1) is 36.4 Å². The predicted octanol–water partition coefficient (Wildman–Crippen LogP) is 0.389. The van der Waals surface area contributed by atoms with Crippen LogP contribution < -0.4 is 0 Å². The maximum atomic E-state index is 0. The Morgan fingerprint density at radius 3 is 1.00 bits per heavy atom. The van der Waals surface area contributed by atoms with Crippen molar-refractivity contribution in [3.63, 3.8) is 0 Å². The van der Waals surface area contributed by atoms with Gasteiger partial charge < -0.3 is 0 Å². The molecule has 0 saturated carbocycles. The third kappa shape index (κ3) is 9.02. The standard InChI is InChI=1S/ClH.Cu.HI.Rb.H/h1H;;1H;;. The van der Waals surface area contributed by atoms with Crippen LogP contribution in [0.25, 0.3) is 0 Å². The second kappa shape index (κ2) is 16.2. The first-order valence-electron chi connectivity index (χ1n) is 0. The van der Waals surface area contributed by atoms with E-state index in [0.29, 0.717) is 0 Å². The first kappa shape index (κ1) is 26.4. The van der Waals surface area contributed by atoms with Crippen molar-refractivity contribution in [1.82, 2.24) is 0 Å². The van der Waals surface area contributed by atoms with Gasteiger partial charge in [0, 0.05) is 17.1 Å². The van der Waals surface area contributed by atoms with Crippen LogP contribution in [0.3, 0.4) is 0 Å². The van der Waals surface area contributed by atoms with Crippen LogP contribution in [0.2, 0.25) is 0 Å². The Labute approximate surface area is 109 Å². The maximum absolute atomic E-state index is 0. The second-order valence-corrected chi connectivity index (χ2v) is 0. The summed E-state index contributed by atoms with van der Waals surface area (Å²) in [5, 5.41) is 0. The molecule has 0 aromatic heterocycles. The van der Waals surface area contributed by atoms with E-state index in [1.165, 1.54) is 0 Å². The molecular formula is H3ClCuIRb. The van der Waals surface area contributed by atoms with E-state index in [1.807, 2.05) is 0 Å². The average molecular weight is 314 g/mol. The summed E-state index contributed by atoms with van der Waals surface area (Å²) in [6.45, 7) is 0. The van der Waals surface area contributed by atoms with Gasteiger partial charge in [-0.05, 0) is 0 Å². The number of rotatable bonds is 0. The third-order valence-electron chi connectivity index (χ3n) is 0. The normalized spacial score (nSPS) is 0. The Morgan fingerprint density at radius 2 is 1.00 bits per heavy atom. The van der Waals surface area contributed by atoms with Gasteiger partial charge in [-0.25, -0.2) is 0 Å². The minimum absolute atomic E-state index is 0. The van der Waals surface area contributed by atoms with Crippen LogP contribution in [0.1, 0.15) is 0 Å². The third-order valence-corrected chi connectivity index (χ3v) is 0. The Bertz CT molecular complexity index is 8.00. The average Bonchev–Trinajstić information content (AvgIpc) is 0. The Balaban J connectivity index is 0. The van der Waals surface area contributed by atoms with E-state index >= 15 is 0 Å². The summed E-state index contributed by atoms with van der Waals surface area (Å²) in [7, 11) is 0. The molecule has 0 atom stereocenters. The van der Waals surface area contributed by atoms with E-state index in [9.17, 15) is 0 Å². The molecule has 0 fully saturated rings. The van der Waals surface area contributed by atoms with Crippen LogP contribution in [0.5, 0.6) is 0 Å². The molecule has 0 spiro atoms. The molecule has 4 heteroatoms. The summed E-state index contributed by atoms with van der Waals surface area (Å²) in [5.41, 5.74) is 0. The van der Waals surface area contributed by atoms with Gasteiger partial charge >= 0.3 is 58.2 Å². The van der Waals surface area contributed by atoms with Crippen molar-refractivity contribution in [3.8, 4) is 0 Å². The molecule has 0 N–H and O–H groups in total. The van der Waals surface area contributed by atoms with E-state index in [-0.39, 0.29) is 112 Å². The van der Waals surface area contributed by atoms with E-state index in [4.69, 9.17) is 0 Å². The molecule has 0 bridgehead atoms. The number of halogens is 2. The van der Waals surface area contributed by atoms with Gasteiger partial charge in [-0.3, -0.25) is 0 Å². The van der Waals surface area contributed by atoms with Crippen LogP contribution in [0.15, 0.2) is 0 Å². The Kier molecular flexibility index (Phi) is 107. The molecule has 0 amide bonds. The van der Waals surface area contributed by atoms with Gasteiger partial charge in [-0.2, -0.15) is 0 Å². The molecule has 0 aliphatic heterocycles. The molecule has 0 nitrogen and oxygen atoms in total. The van der Waals surface area contributed by atoms with Crippen LogP contribution >= 0.6 is 36.4 Å². The van der Waals surface area contributed by atoms with Crippen LogP contribution in [-0.2, 0) is 17.1 Å². The second-order valence-electron chi connectivity index (χ2n) is 0. The molecule has 0 unspecified atom stereocenters. The fraction of sp³-hybridized carbons (Fsp3) is 0. The molecule has 4 heavy (non-hydrogen) atoms. The predicted molar refractivity (Wildman–Crippen MR) is 29.8 cm³/mol. The first-order chi connectivity index (χ1) is 0. The fourth-order valence-electron chi connectivity index (χ4n) is 0. The van der Waals surface area contributed by atoms with Crippen molar-refractivity contribution in [1.29, 1.82) is 0 Å². The zero-order valence-corrected chi connectivity index (χ0v) is 5.21. The van der Waals surface area contributed by atoms with Crippen molar-refractivity contribution in [2.45, 2.75) is 0 Å². The number of hydrogen-bond donors (Lipinski definition) is 0. The molecule has 0 aromatic carbocycles. The summed E-state index contributed by atoms with van der Waals surface area (Å²) in [6.07, 6.45) is 0. The van der Waals surface area contributed by atoms with Gasteiger partial charge in [0.1, 0.15) is 0 Å². The van der Waals surface area contributed by atoms with E-state index in [0.717, 1.165) is 0 Å².